The quantitative estimate of drug-likeness (QED) is 0.566. The number of amides is 2. The van der Waals surface area contributed by atoms with Crippen LogP contribution in [0, 0.1) is 5.92 Å². The van der Waals surface area contributed by atoms with Gasteiger partial charge >= 0.3 is 0 Å². The molecule has 2 fully saturated rings. The highest BCUT2D eigenvalue weighted by Gasteiger charge is 2.32. The average Bonchev–Trinajstić information content (AvgIpc) is 3.69. The molecule has 30 heavy (non-hydrogen) atoms. The minimum absolute atomic E-state index is 0.0425. The molecule has 0 heterocycles. The van der Waals surface area contributed by atoms with E-state index in [-0.39, 0.29) is 24.4 Å². The largest absolute Gasteiger partial charge is 0.497 e. The van der Waals surface area contributed by atoms with Crippen LogP contribution >= 0.6 is 0 Å². The van der Waals surface area contributed by atoms with E-state index in [9.17, 15) is 9.59 Å². The van der Waals surface area contributed by atoms with Crippen LogP contribution < -0.4 is 20.7 Å². The number of carbonyl (C=O) groups is 2. The Morgan fingerprint density at radius 2 is 1.83 bits per heavy atom. The first-order valence-corrected chi connectivity index (χ1v) is 10.7. The number of hydrogen-bond acceptors (Lipinski definition) is 4. The minimum atomic E-state index is -0.0537. The molecule has 6 heteroatoms. The van der Waals surface area contributed by atoms with Crippen molar-refractivity contribution in [2.24, 2.45) is 5.92 Å². The fourth-order valence-electron chi connectivity index (χ4n) is 3.58. The summed E-state index contributed by atoms with van der Waals surface area (Å²) >= 11 is 0. The molecule has 0 bridgehead atoms. The van der Waals surface area contributed by atoms with Gasteiger partial charge in [-0.15, -0.1) is 0 Å². The van der Waals surface area contributed by atoms with Gasteiger partial charge in [0.15, 0.2) is 0 Å². The van der Waals surface area contributed by atoms with E-state index in [2.05, 4.69) is 28.1 Å². The Hall–Kier alpha value is -2.86. The zero-order valence-electron chi connectivity index (χ0n) is 17.3. The Morgan fingerprint density at radius 3 is 2.50 bits per heavy atom. The third kappa shape index (κ3) is 5.60. The van der Waals surface area contributed by atoms with Crippen LogP contribution in [0.25, 0.3) is 0 Å². The molecule has 2 aromatic rings. The number of nitrogens with one attached hydrogen (secondary N) is 3. The minimum Gasteiger partial charge on any atom is -0.497 e. The van der Waals surface area contributed by atoms with Crippen LogP contribution in [0.3, 0.4) is 0 Å². The summed E-state index contributed by atoms with van der Waals surface area (Å²) in [7, 11) is 1.66. The van der Waals surface area contributed by atoms with Crippen molar-refractivity contribution in [3.63, 3.8) is 0 Å². The van der Waals surface area contributed by atoms with Crippen molar-refractivity contribution in [3.8, 4) is 5.75 Å². The summed E-state index contributed by atoms with van der Waals surface area (Å²) in [5.41, 5.74) is 2.74. The molecule has 2 saturated carbocycles. The van der Waals surface area contributed by atoms with Crippen molar-refractivity contribution in [2.75, 3.05) is 13.7 Å². The van der Waals surface area contributed by atoms with Gasteiger partial charge in [0.1, 0.15) is 5.75 Å². The summed E-state index contributed by atoms with van der Waals surface area (Å²) in [4.78, 5) is 24.6. The molecular formula is C24H29N3O3. The van der Waals surface area contributed by atoms with Crippen molar-refractivity contribution in [1.82, 2.24) is 16.0 Å². The van der Waals surface area contributed by atoms with Gasteiger partial charge in [-0.3, -0.25) is 9.59 Å². The lowest BCUT2D eigenvalue weighted by Gasteiger charge is -2.19. The molecular weight excluding hydrogens is 378 g/mol. The maximum Gasteiger partial charge on any atom is 0.251 e. The van der Waals surface area contributed by atoms with E-state index in [0.29, 0.717) is 24.1 Å². The van der Waals surface area contributed by atoms with Gasteiger partial charge in [0.2, 0.25) is 5.91 Å². The van der Waals surface area contributed by atoms with Crippen LogP contribution in [0.1, 0.15) is 53.2 Å². The molecule has 3 N–H and O–H groups in total. The molecule has 0 aromatic heterocycles. The van der Waals surface area contributed by atoms with Crippen molar-refractivity contribution in [1.29, 1.82) is 0 Å². The lowest BCUT2D eigenvalue weighted by atomic mass is 10.0. The van der Waals surface area contributed by atoms with E-state index in [4.69, 9.17) is 4.74 Å². The Morgan fingerprint density at radius 1 is 1.07 bits per heavy atom. The van der Waals surface area contributed by atoms with Crippen molar-refractivity contribution in [2.45, 2.75) is 44.3 Å². The van der Waals surface area contributed by atoms with E-state index in [0.717, 1.165) is 24.2 Å². The highest BCUT2D eigenvalue weighted by molar-refractivity contribution is 5.94. The number of methoxy groups -OCH3 is 1. The number of rotatable bonds is 10. The van der Waals surface area contributed by atoms with E-state index >= 15 is 0 Å². The van der Waals surface area contributed by atoms with Gasteiger partial charge in [0.25, 0.3) is 5.91 Å². The molecule has 6 nitrogen and oxygen atoms in total. The molecule has 2 aromatic carbocycles. The second-order valence-corrected chi connectivity index (χ2v) is 8.19. The molecule has 2 amide bonds. The molecule has 158 valence electrons. The molecule has 1 atom stereocenters. The highest BCUT2D eigenvalue weighted by Crippen LogP contribution is 2.41. The lowest BCUT2D eigenvalue weighted by Crippen LogP contribution is -2.36. The van der Waals surface area contributed by atoms with Gasteiger partial charge in [-0.05, 0) is 67.0 Å². The summed E-state index contributed by atoms with van der Waals surface area (Å²) in [6.07, 6.45) is 4.49. The summed E-state index contributed by atoms with van der Waals surface area (Å²) in [6.45, 7) is 0.663. The first-order valence-electron chi connectivity index (χ1n) is 10.7. The molecule has 0 aliphatic heterocycles. The normalized spacial score (nSPS) is 16.6. The summed E-state index contributed by atoms with van der Waals surface area (Å²) in [5.74, 6) is 1.31. The van der Waals surface area contributed by atoms with E-state index in [1.807, 2.05) is 30.3 Å². The third-order valence-corrected chi connectivity index (χ3v) is 5.64. The maximum absolute atomic E-state index is 12.4. The van der Waals surface area contributed by atoms with Crippen LogP contribution in [0.15, 0.2) is 48.5 Å². The molecule has 1 unspecified atom stereocenters. The summed E-state index contributed by atoms with van der Waals surface area (Å²) in [5, 5.41) is 9.35. The highest BCUT2D eigenvalue weighted by atomic mass is 16.5. The smallest absolute Gasteiger partial charge is 0.251 e. The van der Waals surface area contributed by atoms with Crippen molar-refractivity contribution >= 4 is 11.8 Å². The SMILES string of the molecule is COc1ccc(C(NCC(=O)NCc2cccc(C(=O)NC3CC3)c2)C2CC2)cc1. The van der Waals surface area contributed by atoms with Crippen LogP contribution in [0.4, 0.5) is 0 Å². The van der Waals surface area contributed by atoms with Gasteiger partial charge in [0.05, 0.1) is 13.7 Å². The molecule has 0 spiro atoms. The zero-order chi connectivity index (χ0) is 20.9. The van der Waals surface area contributed by atoms with E-state index in [1.165, 1.54) is 18.4 Å². The monoisotopic (exact) mass is 407 g/mol. The van der Waals surface area contributed by atoms with Gasteiger partial charge in [-0.25, -0.2) is 0 Å². The van der Waals surface area contributed by atoms with Crippen LogP contribution in [-0.2, 0) is 11.3 Å². The zero-order valence-corrected chi connectivity index (χ0v) is 17.3. The topological polar surface area (TPSA) is 79.5 Å². The Kier molecular flexibility index (Phi) is 6.33. The Labute approximate surface area is 177 Å². The first kappa shape index (κ1) is 20.4. The third-order valence-electron chi connectivity index (χ3n) is 5.64. The van der Waals surface area contributed by atoms with Crippen molar-refractivity contribution < 1.29 is 14.3 Å². The first-order chi connectivity index (χ1) is 14.6. The van der Waals surface area contributed by atoms with Crippen LogP contribution in [-0.4, -0.2) is 31.5 Å². The summed E-state index contributed by atoms with van der Waals surface area (Å²) in [6, 6.07) is 16.0. The predicted octanol–water partition coefficient (Wildman–Crippen LogP) is 2.94. The lowest BCUT2D eigenvalue weighted by molar-refractivity contribution is -0.120. The standard InChI is InChI=1S/C24H29N3O3/c1-30-21-11-7-18(8-12-21)23(17-5-6-17)26-15-22(28)25-14-16-3-2-4-19(13-16)24(29)27-20-9-10-20/h2-4,7-8,11-13,17,20,23,26H,5-6,9-10,14-15H2,1H3,(H,25,28)(H,27,29). The van der Waals surface area contributed by atoms with Crippen LogP contribution in [0.2, 0.25) is 0 Å². The van der Waals surface area contributed by atoms with Gasteiger partial charge in [-0.2, -0.15) is 0 Å². The number of ether oxygens (including phenoxy) is 1. The fourth-order valence-corrected chi connectivity index (χ4v) is 3.58. The Balaban J connectivity index is 1.27. The predicted molar refractivity (Wildman–Crippen MR) is 115 cm³/mol. The number of hydrogen-bond donors (Lipinski definition) is 3. The van der Waals surface area contributed by atoms with Gasteiger partial charge < -0.3 is 20.7 Å². The number of benzene rings is 2. The van der Waals surface area contributed by atoms with E-state index in [1.54, 1.807) is 13.2 Å². The fraction of sp³-hybridized carbons (Fsp3) is 0.417. The van der Waals surface area contributed by atoms with Gasteiger partial charge in [-0.1, -0.05) is 24.3 Å². The molecule has 0 radical (unpaired) electrons. The Bertz CT molecular complexity index is 889. The molecule has 2 aliphatic rings. The summed E-state index contributed by atoms with van der Waals surface area (Å²) < 4.78 is 5.23. The molecule has 0 saturated heterocycles. The van der Waals surface area contributed by atoms with E-state index < -0.39 is 0 Å². The van der Waals surface area contributed by atoms with Gasteiger partial charge in [0, 0.05) is 24.2 Å². The molecule has 2 aliphatic carbocycles. The number of carbonyl (C=O) groups excluding carboxylic acids is 2. The second kappa shape index (κ2) is 9.30. The second-order valence-electron chi connectivity index (χ2n) is 8.19. The molecule has 4 rings (SSSR count). The van der Waals surface area contributed by atoms with Crippen LogP contribution in [0.5, 0.6) is 5.75 Å². The maximum atomic E-state index is 12.4. The van der Waals surface area contributed by atoms with Crippen molar-refractivity contribution in [3.05, 3.63) is 65.2 Å². The average molecular weight is 408 g/mol.